The Kier molecular flexibility index (Phi) is 7.82. The van der Waals surface area contributed by atoms with Crippen LogP contribution in [0.4, 0.5) is 0 Å². The van der Waals surface area contributed by atoms with Crippen LogP contribution in [0.15, 0.2) is 30.9 Å². The van der Waals surface area contributed by atoms with E-state index in [9.17, 15) is 9.59 Å². The number of aliphatic carboxylic acids is 1. The molecule has 0 aliphatic heterocycles. The quantitative estimate of drug-likeness (QED) is 0.642. The second-order valence-electron chi connectivity index (χ2n) is 5.80. The Labute approximate surface area is 142 Å². The first-order chi connectivity index (χ1) is 11.4. The third-order valence-corrected chi connectivity index (χ3v) is 3.26. The number of nitrogens with one attached hydrogen (secondary N) is 1. The molecule has 1 rings (SSSR count). The molecular formula is C18H25NO5. The molecule has 0 fully saturated rings. The normalized spacial score (nSPS) is 11.7. The number of carbonyl (C=O) groups excluding carboxylic acids is 1. The van der Waals surface area contributed by atoms with E-state index in [4.69, 9.17) is 14.6 Å². The highest BCUT2D eigenvalue weighted by molar-refractivity contribution is 5.97. The van der Waals surface area contributed by atoms with Crippen LogP contribution < -0.4 is 14.8 Å². The van der Waals surface area contributed by atoms with Crippen LogP contribution in [-0.4, -0.2) is 36.7 Å². The van der Waals surface area contributed by atoms with E-state index in [-0.39, 0.29) is 6.42 Å². The summed E-state index contributed by atoms with van der Waals surface area (Å²) in [5.74, 6) is -0.210. The number of hydrogen-bond donors (Lipinski definition) is 2. The van der Waals surface area contributed by atoms with E-state index >= 15 is 0 Å². The Balaban J connectivity index is 2.86. The van der Waals surface area contributed by atoms with Crippen molar-refractivity contribution in [3.8, 4) is 11.5 Å². The van der Waals surface area contributed by atoms with Gasteiger partial charge in [0.1, 0.15) is 6.04 Å². The molecule has 24 heavy (non-hydrogen) atoms. The van der Waals surface area contributed by atoms with E-state index in [0.717, 1.165) is 0 Å². The van der Waals surface area contributed by atoms with Crippen LogP contribution in [0.1, 0.15) is 37.0 Å². The predicted octanol–water partition coefficient (Wildman–Crippen LogP) is 2.88. The highest BCUT2D eigenvalue weighted by Crippen LogP contribution is 2.28. The minimum Gasteiger partial charge on any atom is -0.493 e. The molecule has 0 spiro atoms. The SMILES string of the molecule is C=CCCC(NC(=O)c1ccc(OCC(C)C)c(OC)c1)C(=O)O. The first-order valence-corrected chi connectivity index (χ1v) is 7.84. The van der Waals surface area contributed by atoms with Crippen molar-refractivity contribution in [3.63, 3.8) is 0 Å². The fraction of sp³-hybridized carbons (Fsp3) is 0.444. The number of benzene rings is 1. The van der Waals surface area contributed by atoms with Gasteiger partial charge in [-0.1, -0.05) is 19.9 Å². The second kappa shape index (κ2) is 9.60. The van der Waals surface area contributed by atoms with Gasteiger partial charge in [0.15, 0.2) is 11.5 Å². The third kappa shape index (κ3) is 5.95. The molecule has 0 aromatic heterocycles. The highest BCUT2D eigenvalue weighted by Gasteiger charge is 2.20. The van der Waals surface area contributed by atoms with Gasteiger partial charge in [-0.05, 0) is 37.0 Å². The second-order valence-corrected chi connectivity index (χ2v) is 5.80. The maximum absolute atomic E-state index is 12.3. The molecule has 0 aliphatic rings. The largest absolute Gasteiger partial charge is 0.493 e. The number of ether oxygens (including phenoxy) is 2. The Morgan fingerprint density at radius 1 is 1.33 bits per heavy atom. The molecule has 1 atom stereocenters. The number of carbonyl (C=O) groups is 2. The zero-order valence-electron chi connectivity index (χ0n) is 14.4. The summed E-state index contributed by atoms with van der Waals surface area (Å²) in [6, 6.07) is 3.81. The lowest BCUT2D eigenvalue weighted by Crippen LogP contribution is -2.40. The summed E-state index contributed by atoms with van der Waals surface area (Å²) < 4.78 is 10.9. The average Bonchev–Trinajstić information content (AvgIpc) is 2.55. The first kappa shape index (κ1) is 19.5. The van der Waals surface area contributed by atoms with Crippen molar-refractivity contribution in [2.45, 2.75) is 32.7 Å². The van der Waals surface area contributed by atoms with Gasteiger partial charge in [-0.15, -0.1) is 6.58 Å². The van der Waals surface area contributed by atoms with Gasteiger partial charge in [0.2, 0.25) is 0 Å². The number of rotatable bonds is 10. The smallest absolute Gasteiger partial charge is 0.326 e. The molecule has 0 saturated heterocycles. The molecule has 1 aromatic rings. The number of methoxy groups -OCH3 is 1. The van der Waals surface area contributed by atoms with Gasteiger partial charge in [0.05, 0.1) is 13.7 Å². The highest BCUT2D eigenvalue weighted by atomic mass is 16.5. The van der Waals surface area contributed by atoms with E-state index in [1.807, 2.05) is 13.8 Å². The summed E-state index contributed by atoms with van der Waals surface area (Å²) in [6.07, 6.45) is 2.41. The maximum atomic E-state index is 12.3. The van der Waals surface area contributed by atoms with Gasteiger partial charge < -0.3 is 19.9 Å². The van der Waals surface area contributed by atoms with E-state index in [2.05, 4.69) is 11.9 Å². The Morgan fingerprint density at radius 2 is 2.04 bits per heavy atom. The Hall–Kier alpha value is -2.50. The zero-order chi connectivity index (χ0) is 18.1. The molecule has 0 radical (unpaired) electrons. The molecule has 1 amide bonds. The van der Waals surface area contributed by atoms with E-state index in [1.165, 1.54) is 13.2 Å². The van der Waals surface area contributed by atoms with Crippen LogP contribution in [0.3, 0.4) is 0 Å². The molecule has 6 heteroatoms. The molecule has 1 aromatic carbocycles. The zero-order valence-corrected chi connectivity index (χ0v) is 14.4. The van der Waals surface area contributed by atoms with Gasteiger partial charge in [0, 0.05) is 5.56 Å². The van der Waals surface area contributed by atoms with Crippen LogP contribution in [0.5, 0.6) is 11.5 Å². The van der Waals surface area contributed by atoms with Gasteiger partial charge in [-0.2, -0.15) is 0 Å². The van der Waals surface area contributed by atoms with E-state index < -0.39 is 17.9 Å². The van der Waals surface area contributed by atoms with Crippen molar-refractivity contribution in [3.05, 3.63) is 36.4 Å². The number of amides is 1. The lowest BCUT2D eigenvalue weighted by molar-refractivity contribution is -0.139. The molecule has 6 nitrogen and oxygen atoms in total. The standard InChI is InChI=1S/C18H25NO5/c1-5-6-7-14(18(21)22)19-17(20)13-8-9-15(16(10-13)23-4)24-11-12(2)3/h5,8-10,12,14H,1,6-7,11H2,2-4H3,(H,19,20)(H,21,22). The van der Waals surface area contributed by atoms with E-state index in [1.54, 1.807) is 18.2 Å². The van der Waals surface area contributed by atoms with Crippen molar-refractivity contribution >= 4 is 11.9 Å². The molecule has 0 bridgehead atoms. The lowest BCUT2D eigenvalue weighted by atomic mass is 10.1. The predicted molar refractivity (Wildman–Crippen MR) is 91.6 cm³/mol. The molecule has 2 N–H and O–H groups in total. The van der Waals surface area contributed by atoms with Crippen molar-refractivity contribution in [2.24, 2.45) is 5.92 Å². The first-order valence-electron chi connectivity index (χ1n) is 7.84. The minimum absolute atomic E-state index is 0.289. The van der Waals surface area contributed by atoms with Crippen molar-refractivity contribution < 1.29 is 24.2 Å². The average molecular weight is 335 g/mol. The summed E-state index contributed by atoms with van der Waals surface area (Å²) in [4.78, 5) is 23.5. The summed E-state index contributed by atoms with van der Waals surface area (Å²) in [7, 11) is 1.49. The minimum atomic E-state index is -1.07. The van der Waals surface area contributed by atoms with Crippen LogP contribution in [-0.2, 0) is 4.79 Å². The van der Waals surface area contributed by atoms with Gasteiger partial charge in [-0.25, -0.2) is 4.79 Å². The van der Waals surface area contributed by atoms with Crippen molar-refractivity contribution in [2.75, 3.05) is 13.7 Å². The fourth-order valence-electron chi connectivity index (χ4n) is 1.97. The summed E-state index contributed by atoms with van der Waals surface area (Å²) in [6.45, 7) is 8.15. The van der Waals surface area contributed by atoms with E-state index in [0.29, 0.717) is 36.0 Å². The van der Waals surface area contributed by atoms with Crippen molar-refractivity contribution in [1.29, 1.82) is 0 Å². The number of carboxylic acid groups (broad SMARTS) is 1. The topological polar surface area (TPSA) is 84.9 Å². The molecule has 0 aliphatic carbocycles. The van der Waals surface area contributed by atoms with Crippen LogP contribution in [0, 0.1) is 5.92 Å². The Morgan fingerprint density at radius 3 is 2.58 bits per heavy atom. The number of hydrogen-bond acceptors (Lipinski definition) is 4. The summed E-state index contributed by atoms with van der Waals surface area (Å²) in [5, 5.41) is 11.7. The lowest BCUT2D eigenvalue weighted by Gasteiger charge is -2.16. The van der Waals surface area contributed by atoms with Crippen molar-refractivity contribution in [1.82, 2.24) is 5.32 Å². The number of allylic oxidation sites excluding steroid dienone is 1. The van der Waals surface area contributed by atoms with Crippen LogP contribution >= 0.6 is 0 Å². The molecule has 0 saturated carbocycles. The van der Waals surface area contributed by atoms with Crippen LogP contribution in [0.2, 0.25) is 0 Å². The molecule has 0 heterocycles. The fourth-order valence-corrected chi connectivity index (χ4v) is 1.97. The van der Waals surface area contributed by atoms with Gasteiger partial charge in [0.25, 0.3) is 5.91 Å². The summed E-state index contributed by atoms with van der Waals surface area (Å²) >= 11 is 0. The van der Waals surface area contributed by atoms with Gasteiger partial charge in [-0.3, -0.25) is 4.79 Å². The Bertz CT molecular complexity index is 583. The summed E-state index contributed by atoms with van der Waals surface area (Å²) in [5.41, 5.74) is 0.314. The van der Waals surface area contributed by atoms with Crippen LogP contribution in [0.25, 0.3) is 0 Å². The molecule has 132 valence electrons. The maximum Gasteiger partial charge on any atom is 0.326 e. The third-order valence-electron chi connectivity index (χ3n) is 3.26. The number of carboxylic acids is 1. The van der Waals surface area contributed by atoms with Gasteiger partial charge >= 0.3 is 5.97 Å². The monoisotopic (exact) mass is 335 g/mol. The molecule has 1 unspecified atom stereocenters. The molecular weight excluding hydrogens is 310 g/mol.